The van der Waals surface area contributed by atoms with Crippen LogP contribution in [0.1, 0.15) is 19.8 Å². The minimum atomic E-state index is -0.971. The van der Waals surface area contributed by atoms with E-state index < -0.39 is 12.0 Å². The van der Waals surface area contributed by atoms with Crippen LogP contribution in [0.15, 0.2) is 0 Å². The number of carboxylic acids is 1. The first-order chi connectivity index (χ1) is 8.63. The smallest absolute Gasteiger partial charge is 0.328 e. The summed E-state index contributed by atoms with van der Waals surface area (Å²) < 4.78 is 5.04. The lowest BCUT2D eigenvalue weighted by atomic mass is 10.0. The summed E-state index contributed by atoms with van der Waals surface area (Å²) in [6.07, 6.45) is 1.70. The Morgan fingerprint density at radius 2 is 2.11 bits per heavy atom. The van der Waals surface area contributed by atoms with Crippen LogP contribution >= 0.6 is 0 Å². The fourth-order valence-electron chi connectivity index (χ4n) is 2.75. The number of piperidine rings is 1. The Balaban J connectivity index is 2.04. The summed E-state index contributed by atoms with van der Waals surface area (Å²) >= 11 is 0. The Morgan fingerprint density at radius 1 is 1.44 bits per heavy atom. The molecule has 2 saturated heterocycles. The molecule has 0 bridgehead atoms. The second kappa shape index (κ2) is 5.67. The minimum Gasteiger partial charge on any atom is -0.480 e. The van der Waals surface area contributed by atoms with Crippen molar-refractivity contribution in [3.05, 3.63) is 0 Å². The topological polar surface area (TPSA) is 70.1 Å². The summed E-state index contributed by atoms with van der Waals surface area (Å²) in [6.45, 7) is 5.09. The van der Waals surface area contributed by atoms with E-state index >= 15 is 0 Å². The SMILES string of the molecule is CCN1CCC(N2C(=O)COCC2C(=O)O)CC1. The van der Waals surface area contributed by atoms with Gasteiger partial charge in [0.2, 0.25) is 5.91 Å². The maximum Gasteiger partial charge on any atom is 0.328 e. The molecule has 2 heterocycles. The number of carboxylic acid groups (broad SMARTS) is 1. The van der Waals surface area contributed by atoms with E-state index in [-0.39, 0.29) is 25.2 Å². The molecule has 0 aromatic rings. The van der Waals surface area contributed by atoms with E-state index in [1.165, 1.54) is 0 Å². The van der Waals surface area contributed by atoms with Crippen molar-refractivity contribution in [3.8, 4) is 0 Å². The van der Waals surface area contributed by atoms with Crippen molar-refractivity contribution >= 4 is 11.9 Å². The molecule has 0 spiro atoms. The Labute approximate surface area is 106 Å². The molecule has 6 nitrogen and oxygen atoms in total. The van der Waals surface area contributed by atoms with Gasteiger partial charge in [-0.2, -0.15) is 0 Å². The van der Waals surface area contributed by atoms with E-state index in [0.29, 0.717) is 0 Å². The molecule has 0 saturated carbocycles. The molecule has 0 radical (unpaired) electrons. The number of carbonyl (C=O) groups excluding carboxylic acids is 1. The number of hydrogen-bond donors (Lipinski definition) is 1. The van der Waals surface area contributed by atoms with Crippen molar-refractivity contribution in [1.29, 1.82) is 0 Å². The molecule has 102 valence electrons. The number of morpholine rings is 1. The van der Waals surface area contributed by atoms with Gasteiger partial charge >= 0.3 is 5.97 Å². The summed E-state index contributed by atoms with van der Waals surface area (Å²) in [7, 11) is 0. The van der Waals surface area contributed by atoms with Crippen LogP contribution in [0.25, 0.3) is 0 Å². The number of rotatable bonds is 3. The first kappa shape index (κ1) is 13.3. The Hall–Kier alpha value is -1.14. The highest BCUT2D eigenvalue weighted by Gasteiger charge is 2.39. The van der Waals surface area contributed by atoms with Gasteiger partial charge in [-0.25, -0.2) is 4.79 Å². The van der Waals surface area contributed by atoms with Crippen LogP contribution in [-0.2, 0) is 14.3 Å². The predicted molar refractivity (Wildman–Crippen MR) is 64.2 cm³/mol. The van der Waals surface area contributed by atoms with Gasteiger partial charge in [0.15, 0.2) is 6.04 Å². The number of nitrogens with zero attached hydrogens (tertiary/aromatic N) is 2. The van der Waals surface area contributed by atoms with Crippen molar-refractivity contribution in [2.45, 2.75) is 31.8 Å². The summed E-state index contributed by atoms with van der Waals surface area (Å²) in [5.74, 6) is -1.16. The lowest BCUT2D eigenvalue weighted by molar-refractivity contribution is -0.167. The van der Waals surface area contributed by atoms with E-state index in [1.54, 1.807) is 4.90 Å². The fraction of sp³-hybridized carbons (Fsp3) is 0.833. The number of amides is 1. The lowest BCUT2D eigenvalue weighted by Crippen LogP contribution is -2.59. The van der Waals surface area contributed by atoms with Crippen LogP contribution in [0.3, 0.4) is 0 Å². The monoisotopic (exact) mass is 256 g/mol. The lowest BCUT2D eigenvalue weighted by Gasteiger charge is -2.42. The van der Waals surface area contributed by atoms with Gasteiger partial charge in [0.05, 0.1) is 6.61 Å². The van der Waals surface area contributed by atoms with Crippen LogP contribution in [0.2, 0.25) is 0 Å². The molecule has 2 aliphatic heterocycles. The number of aliphatic carboxylic acids is 1. The first-order valence-corrected chi connectivity index (χ1v) is 6.47. The Morgan fingerprint density at radius 3 is 2.67 bits per heavy atom. The molecule has 18 heavy (non-hydrogen) atoms. The maximum absolute atomic E-state index is 11.9. The molecule has 2 aliphatic rings. The van der Waals surface area contributed by atoms with Gasteiger partial charge in [0.1, 0.15) is 6.61 Å². The van der Waals surface area contributed by atoms with Crippen LogP contribution < -0.4 is 0 Å². The van der Waals surface area contributed by atoms with E-state index in [1.807, 2.05) is 0 Å². The zero-order chi connectivity index (χ0) is 13.1. The Kier molecular flexibility index (Phi) is 4.19. The van der Waals surface area contributed by atoms with Gasteiger partial charge in [-0.15, -0.1) is 0 Å². The van der Waals surface area contributed by atoms with E-state index in [9.17, 15) is 14.7 Å². The molecule has 0 aromatic heterocycles. The van der Waals surface area contributed by atoms with Gasteiger partial charge in [-0.3, -0.25) is 4.79 Å². The van der Waals surface area contributed by atoms with Crippen LogP contribution in [-0.4, -0.2) is 71.7 Å². The van der Waals surface area contributed by atoms with Crippen molar-refractivity contribution in [3.63, 3.8) is 0 Å². The van der Waals surface area contributed by atoms with E-state index in [0.717, 1.165) is 32.5 Å². The van der Waals surface area contributed by atoms with Gasteiger partial charge < -0.3 is 19.6 Å². The molecule has 2 rings (SSSR count). The average molecular weight is 256 g/mol. The van der Waals surface area contributed by atoms with Crippen LogP contribution in [0.5, 0.6) is 0 Å². The van der Waals surface area contributed by atoms with Gasteiger partial charge in [-0.1, -0.05) is 6.92 Å². The zero-order valence-electron chi connectivity index (χ0n) is 10.7. The van der Waals surface area contributed by atoms with Crippen molar-refractivity contribution in [2.24, 2.45) is 0 Å². The predicted octanol–water partition coefficient (Wildman–Crippen LogP) is -0.217. The molecule has 1 amide bonds. The standard InChI is InChI=1S/C12H20N2O4/c1-2-13-5-3-9(4-6-13)14-10(12(16)17)7-18-8-11(14)15/h9-10H,2-8H2,1H3,(H,16,17). The third-order valence-electron chi connectivity index (χ3n) is 3.81. The second-order valence-corrected chi connectivity index (χ2v) is 4.84. The molecular formula is C12H20N2O4. The van der Waals surface area contributed by atoms with Crippen molar-refractivity contribution in [2.75, 3.05) is 32.8 Å². The quantitative estimate of drug-likeness (QED) is 0.756. The van der Waals surface area contributed by atoms with Crippen LogP contribution in [0.4, 0.5) is 0 Å². The second-order valence-electron chi connectivity index (χ2n) is 4.84. The number of likely N-dealkylation sites (tertiary alicyclic amines) is 1. The highest BCUT2D eigenvalue weighted by Crippen LogP contribution is 2.21. The summed E-state index contributed by atoms with van der Waals surface area (Å²) in [4.78, 5) is 26.9. The third kappa shape index (κ3) is 2.64. The molecule has 2 fully saturated rings. The number of ether oxygens (including phenoxy) is 1. The minimum absolute atomic E-state index is 0.0117. The normalized spacial score (nSPS) is 27.5. The van der Waals surface area contributed by atoms with Gasteiger partial charge in [-0.05, 0) is 19.4 Å². The summed E-state index contributed by atoms with van der Waals surface area (Å²) in [6, 6.07) is -0.769. The average Bonchev–Trinajstić information content (AvgIpc) is 2.38. The first-order valence-electron chi connectivity index (χ1n) is 6.47. The van der Waals surface area contributed by atoms with Crippen molar-refractivity contribution < 1.29 is 19.4 Å². The van der Waals surface area contributed by atoms with Gasteiger partial charge in [0, 0.05) is 19.1 Å². The van der Waals surface area contributed by atoms with E-state index in [2.05, 4.69) is 11.8 Å². The highest BCUT2D eigenvalue weighted by atomic mass is 16.5. The summed E-state index contributed by atoms with van der Waals surface area (Å²) in [5, 5.41) is 9.17. The number of carbonyl (C=O) groups is 2. The van der Waals surface area contributed by atoms with Gasteiger partial charge in [0.25, 0.3) is 0 Å². The zero-order valence-corrected chi connectivity index (χ0v) is 10.7. The largest absolute Gasteiger partial charge is 0.480 e. The molecule has 1 unspecified atom stereocenters. The maximum atomic E-state index is 11.9. The molecule has 0 aliphatic carbocycles. The van der Waals surface area contributed by atoms with Crippen LogP contribution in [0, 0.1) is 0 Å². The number of hydrogen-bond acceptors (Lipinski definition) is 4. The molecule has 1 N–H and O–H groups in total. The third-order valence-corrected chi connectivity index (χ3v) is 3.81. The van der Waals surface area contributed by atoms with Crippen molar-refractivity contribution in [1.82, 2.24) is 9.80 Å². The van der Waals surface area contributed by atoms with E-state index in [4.69, 9.17) is 4.74 Å². The fourth-order valence-corrected chi connectivity index (χ4v) is 2.75. The summed E-state index contributed by atoms with van der Waals surface area (Å²) in [5.41, 5.74) is 0. The molecule has 1 atom stereocenters. The molecule has 6 heteroatoms. The Bertz CT molecular complexity index is 326. The molecule has 0 aromatic carbocycles. The molecular weight excluding hydrogens is 236 g/mol. The highest BCUT2D eigenvalue weighted by molar-refractivity contribution is 5.85.